The lowest BCUT2D eigenvalue weighted by Crippen LogP contribution is -2.31. The van der Waals surface area contributed by atoms with E-state index in [1.165, 1.54) is 0 Å². The molecule has 1 N–H and O–H groups in total. The molecule has 3 aromatic rings. The highest BCUT2D eigenvalue weighted by molar-refractivity contribution is 5.47. The van der Waals surface area contributed by atoms with Crippen molar-refractivity contribution in [2.45, 2.75) is 25.0 Å². The van der Waals surface area contributed by atoms with Crippen LogP contribution in [0.15, 0.2) is 103 Å². The van der Waals surface area contributed by atoms with E-state index in [9.17, 15) is 5.11 Å². The van der Waals surface area contributed by atoms with Gasteiger partial charge in [-0.1, -0.05) is 91.0 Å². The molecule has 0 aliphatic rings. The molecule has 1 atom stereocenters. The van der Waals surface area contributed by atoms with Gasteiger partial charge in [0.25, 0.3) is 0 Å². The van der Waals surface area contributed by atoms with Gasteiger partial charge < -0.3 is 9.84 Å². The Morgan fingerprint density at radius 2 is 1.15 bits per heavy atom. The molecule has 0 aromatic heterocycles. The molecule has 0 amide bonds. The van der Waals surface area contributed by atoms with Gasteiger partial charge in [0, 0.05) is 16.7 Å². The van der Waals surface area contributed by atoms with E-state index in [2.05, 4.69) is 36.4 Å². The summed E-state index contributed by atoms with van der Waals surface area (Å²) in [5, 5.41) is 9.53. The number of aliphatic hydroxyl groups excluding tert-OH is 1. The first-order chi connectivity index (χ1) is 12.7. The first-order valence-electron chi connectivity index (χ1n) is 8.91. The molecule has 3 rings (SSSR count). The van der Waals surface area contributed by atoms with Crippen LogP contribution < -0.4 is 0 Å². The molecule has 2 heteroatoms. The van der Waals surface area contributed by atoms with Crippen LogP contribution in [-0.2, 0) is 10.3 Å². The summed E-state index contributed by atoms with van der Waals surface area (Å²) in [5.41, 5.74) is 2.41. The van der Waals surface area contributed by atoms with Crippen LogP contribution in [0.5, 0.6) is 0 Å². The molecule has 0 fully saturated rings. The zero-order valence-corrected chi connectivity index (χ0v) is 15.0. The first kappa shape index (κ1) is 18.0. The smallest absolute Gasteiger partial charge is 0.183 e. The highest BCUT2D eigenvalue weighted by atomic mass is 16.5. The summed E-state index contributed by atoms with van der Waals surface area (Å²) in [6.45, 7) is 1.77. The van der Waals surface area contributed by atoms with E-state index in [0.717, 1.165) is 16.7 Å². The fourth-order valence-electron chi connectivity index (χ4n) is 3.13. The summed E-state index contributed by atoms with van der Waals surface area (Å²) in [7, 11) is 0. The van der Waals surface area contributed by atoms with Crippen LogP contribution in [0.25, 0.3) is 0 Å². The Labute approximate surface area is 155 Å². The summed E-state index contributed by atoms with van der Waals surface area (Å²) in [6, 6.07) is 30.7. The van der Waals surface area contributed by atoms with Crippen molar-refractivity contribution < 1.29 is 9.84 Å². The third kappa shape index (κ3) is 3.87. The van der Waals surface area contributed by atoms with Crippen LogP contribution in [-0.4, -0.2) is 11.2 Å². The Bertz CT molecular complexity index is 712. The van der Waals surface area contributed by atoms with Crippen molar-refractivity contribution in [3.05, 3.63) is 120 Å². The Morgan fingerprint density at radius 1 is 0.769 bits per heavy atom. The number of hydrogen-bond acceptors (Lipinski definition) is 2. The van der Waals surface area contributed by atoms with Gasteiger partial charge in [-0.15, -0.1) is 0 Å². The van der Waals surface area contributed by atoms with Gasteiger partial charge >= 0.3 is 0 Å². The Balaban J connectivity index is 2.16. The molecular weight excluding hydrogens is 320 g/mol. The predicted molar refractivity (Wildman–Crippen MR) is 106 cm³/mol. The molecule has 0 aliphatic carbocycles. The molecule has 2 nitrogen and oxygen atoms in total. The molecule has 0 aliphatic heterocycles. The van der Waals surface area contributed by atoms with Gasteiger partial charge in [-0.2, -0.15) is 0 Å². The van der Waals surface area contributed by atoms with Crippen molar-refractivity contribution in [3.8, 4) is 0 Å². The quantitative estimate of drug-likeness (QED) is 0.467. The molecular formula is C24H24O2. The van der Waals surface area contributed by atoms with Crippen molar-refractivity contribution >= 4 is 0 Å². The largest absolute Gasteiger partial charge is 0.481 e. The second-order valence-corrected chi connectivity index (χ2v) is 6.35. The third-order valence-electron chi connectivity index (χ3n) is 4.36. The van der Waals surface area contributed by atoms with E-state index in [0.29, 0.717) is 6.42 Å². The Kier molecular flexibility index (Phi) is 5.88. The maximum Gasteiger partial charge on any atom is 0.183 e. The molecule has 132 valence electrons. The van der Waals surface area contributed by atoms with Crippen LogP contribution in [0.1, 0.15) is 30.0 Å². The topological polar surface area (TPSA) is 29.5 Å². The van der Waals surface area contributed by atoms with Gasteiger partial charge in [0.05, 0.1) is 12.4 Å². The number of ether oxygens (including phenoxy) is 1. The van der Waals surface area contributed by atoms with Crippen LogP contribution in [0.3, 0.4) is 0 Å². The molecule has 0 saturated heterocycles. The fourth-order valence-corrected chi connectivity index (χ4v) is 3.13. The first-order valence-corrected chi connectivity index (χ1v) is 8.91. The molecule has 0 radical (unpaired) electrons. The van der Waals surface area contributed by atoms with E-state index in [4.69, 9.17) is 4.74 Å². The van der Waals surface area contributed by atoms with E-state index in [1.807, 2.05) is 60.7 Å². The van der Waals surface area contributed by atoms with Gasteiger partial charge in [0.2, 0.25) is 0 Å². The average Bonchev–Trinajstić information content (AvgIpc) is 2.70. The van der Waals surface area contributed by atoms with Crippen molar-refractivity contribution in [1.29, 1.82) is 0 Å². The van der Waals surface area contributed by atoms with Crippen molar-refractivity contribution in [1.82, 2.24) is 0 Å². The van der Waals surface area contributed by atoms with E-state index < -0.39 is 11.7 Å². The highest BCUT2D eigenvalue weighted by Crippen LogP contribution is 2.40. The summed E-state index contributed by atoms with van der Waals surface area (Å²) in [5.74, 6) is 0. The maximum atomic E-state index is 9.53. The van der Waals surface area contributed by atoms with Crippen LogP contribution >= 0.6 is 0 Å². The average molecular weight is 344 g/mol. The van der Waals surface area contributed by atoms with Gasteiger partial charge in [-0.05, 0) is 19.4 Å². The molecule has 0 bridgehead atoms. The molecule has 26 heavy (non-hydrogen) atoms. The lowest BCUT2D eigenvalue weighted by Gasteiger charge is -2.35. The summed E-state index contributed by atoms with van der Waals surface area (Å²) < 4.78 is 6.45. The predicted octanol–water partition coefficient (Wildman–Crippen LogP) is 5.28. The molecule has 0 heterocycles. The van der Waals surface area contributed by atoms with Gasteiger partial charge in [0.15, 0.2) is 5.60 Å². The Morgan fingerprint density at radius 3 is 1.50 bits per heavy atom. The lowest BCUT2D eigenvalue weighted by atomic mass is 9.80. The molecule has 3 aromatic carbocycles. The molecule has 0 saturated carbocycles. The zero-order valence-electron chi connectivity index (χ0n) is 15.0. The van der Waals surface area contributed by atoms with Crippen LogP contribution in [0, 0.1) is 0 Å². The summed E-state index contributed by atoms with van der Waals surface area (Å²) >= 11 is 0. The number of benzene rings is 3. The second kappa shape index (κ2) is 8.50. The van der Waals surface area contributed by atoms with Gasteiger partial charge in [0.1, 0.15) is 0 Å². The number of rotatable bonds is 7. The van der Waals surface area contributed by atoms with Crippen LogP contribution in [0.4, 0.5) is 0 Å². The van der Waals surface area contributed by atoms with Gasteiger partial charge in [-0.25, -0.2) is 0 Å². The van der Waals surface area contributed by atoms with E-state index in [-0.39, 0.29) is 0 Å². The van der Waals surface area contributed by atoms with Crippen molar-refractivity contribution in [2.75, 3.05) is 0 Å². The molecule has 1 unspecified atom stereocenters. The highest BCUT2D eigenvalue weighted by Gasteiger charge is 2.37. The van der Waals surface area contributed by atoms with Crippen LogP contribution in [0.2, 0.25) is 0 Å². The van der Waals surface area contributed by atoms with E-state index in [1.54, 1.807) is 13.2 Å². The zero-order chi connectivity index (χ0) is 18.2. The second-order valence-electron chi connectivity index (χ2n) is 6.35. The molecule has 0 spiro atoms. The van der Waals surface area contributed by atoms with Crippen molar-refractivity contribution in [2.24, 2.45) is 0 Å². The monoisotopic (exact) mass is 344 g/mol. The number of aliphatic hydroxyl groups is 1. The van der Waals surface area contributed by atoms with Gasteiger partial charge in [-0.3, -0.25) is 0 Å². The summed E-state index contributed by atoms with van der Waals surface area (Å²) in [6.07, 6.45) is 3.73. The lowest BCUT2D eigenvalue weighted by molar-refractivity contribution is 0.0962. The minimum Gasteiger partial charge on any atom is -0.481 e. The summed E-state index contributed by atoms with van der Waals surface area (Å²) in [4.78, 5) is 0. The Hall–Kier alpha value is -2.84. The van der Waals surface area contributed by atoms with Crippen molar-refractivity contribution in [3.63, 3.8) is 0 Å². The third-order valence-corrected chi connectivity index (χ3v) is 4.36. The minimum atomic E-state index is -0.751. The standard InChI is InChI=1S/C24H24O2/c1-20(25)12-11-19-26-24(21-13-5-2-6-14-21,22-15-7-3-8-16-22)23-17-9-4-10-18-23/h2-11,13-20,25H,12H2,1H3. The maximum absolute atomic E-state index is 9.53. The normalized spacial score (nSPS) is 12.8. The number of hydrogen-bond donors (Lipinski definition) is 1. The minimum absolute atomic E-state index is 0.394. The fraction of sp³-hybridized carbons (Fsp3) is 0.167. The van der Waals surface area contributed by atoms with E-state index >= 15 is 0 Å². The SMILES string of the molecule is CC(O)CC=COC(c1ccccc1)(c1ccccc1)c1ccccc1.